The molecule has 13 heavy (non-hydrogen) atoms. The van der Waals surface area contributed by atoms with Gasteiger partial charge in [-0.15, -0.1) is 0 Å². The van der Waals surface area contributed by atoms with Crippen molar-refractivity contribution >= 4 is 6.09 Å². The van der Waals surface area contributed by atoms with Crippen LogP contribution < -0.4 is 5.32 Å². The van der Waals surface area contributed by atoms with Crippen LogP contribution in [0, 0.1) is 11.3 Å². The quantitative estimate of drug-likeness (QED) is 0.662. The predicted molar refractivity (Wildman–Crippen MR) is 44.2 cm³/mol. The van der Waals surface area contributed by atoms with E-state index in [4.69, 9.17) is 15.1 Å². The van der Waals surface area contributed by atoms with E-state index in [9.17, 15) is 4.79 Å². The van der Waals surface area contributed by atoms with Crippen LogP contribution in [0.3, 0.4) is 0 Å². The Morgan fingerprint density at radius 3 is 2.92 bits per heavy atom. The average Bonchev–Trinajstić information content (AvgIpc) is 2.08. The van der Waals surface area contributed by atoms with Gasteiger partial charge in [0.1, 0.15) is 0 Å². The summed E-state index contributed by atoms with van der Waals surface area (Å²) in [4.78, 5) is 10.3. The maximum absolute atomic E-state index is 10.3. The van der Waals surface area contributed by atoms with Crippen molar-refractivity contribution < 1.29 is 14.6 Å². The minimum Gasteiger partial charge on any atom is -0.465 e. The van der Waals surface area contributed by atoms with Gasteiger partial charge in [-0.3, -0.25) is 0 Å². The van der Waals surface area contributed by atoms with Crippen LogP contribution >= 0.6 is 0 Å². The standard InChI is InChI=1S/C8H12N2O3/c9-4-3-7-2-1-6(5-13-7)10-8(11)12/h6-7,10H,1-3,5H2,(H,11,12)/t6-,7+/m1/s1. The first kappa shape index (κ1) is 9.81. The molecule has 2 atom stereocenters. The van der Waals surface area contributed by atoms with Gasteiger partial charge < -0.3 is 15.2 Å². The van der Waals surface area contributed by atoms with Gasteiger partial charge in [-0.1, -0.05) is 0 Å². The van der Waals surface area contributed by atoms with E-state index < -0.39 is 6.09 Å². The Kier molecular flexibility index (Phi) is 3.53. The molecular formula is C8H12N2O3. The summed E-state index contributed by atoms with van der Waals surface area (Å²) < 4.78 is 5.28. The zero-order chi connectivity index (χ0) is 9.68. The second-order valence-corrected chi connectivity index (χ2v) is 3.04. The maximum Gasteiger partial charge on any atom is 0.404 e. The molecule has 5 heteroatoms. The van der Waals surface area contributed by atoms with Crippen LogP contribution in [0.5, 0.6) is 0 Å². The van der Waals surface area contributed by atoms with E-state index in [1.54, 1.807) is 0 Å². The van der Waals surface area contributed by atoms with Gasteiger partial charge in [-0.05, 0) is 12.8 Å². The van der Waals surface area contributed by atoms with E-state index in [2.05, 4.69) is 5.32 Å². The van der Waals surface area contributed by atoms with Crippen LogP contribution in [0.25, 0.3) is 0 Å². The molecule has 1 heterocycles. The van der Waals surface area contributed by atoms with Crippen molar-refractivity contribution in [3.63, 3.8) is 0 Å². The van der Waals surface area contributed by atoms with Crippen molar-refractivity contribution in [2.75, 3.05) is 6.61 Å². The highest BCUT2D eigenvalue weighted by Crippen LogP contribution is 2.15. The largest absolute Gasteiger partial charge is 0.465 e. The lowest BCUT2D eigenvalue weighted by Crippen LogP contribution is -2.42. The molecule has 1 rings (SSSR count). The van der Waals surface area contributed by atoms with Gasteiger partial charge in [0.15, 0.2) is 0 Å². The lowest BCUT2D eigenvalue weighted by Gasteiger charge is -2.27. The van der Waals surface area contributed by atoms with Crippen molar-refractivity contribution in [3.8, 4) is 6.07 Å². The van der Waals surface area contributed by atoms with Gasteiger partial charge >= 0.3 is 6.09 Å². The predicted octanol–water partition coefficient (Wildman–Crippen LogP) is 0.715. The van der Waals surface area contributed by atoms with Crippen molar-refractivity contribution in [3.05, 3.63) is 0 Å². The van der Waals surface area contributed by atoms with Crippen molar-refractivity contribution in [2.24, 2.45) is 0 Å². The van der Waals surface area contributed by atoms with Crippen LogP contribution in [0.15, 0.2) is 0 Å². The number of hydrogen-bond donors (Lipinski definition) is 2. The van der Waals surface area contributed by atoms with E-state index in [-0.39, 0.29) is 12.1 Å². The summed E-state index contributed by atoms with van der Waals surface area (Å²) in [5.74, 6) is 0. The van der Waals surface area contributed by atoms with Crippen LogP contribution in [0.2, 0.25) is 0 Å². The van der Waals surface area contributed by atoms with Gasteiger partial charge in [0, 0.05) is 0 Å². The number of amides is 1. The smallest absolute Gasteiger partial charge is 0.404 e. The summed E-state index contributed by atoms with van der Waals surface area (Å²) in [6.07, 6.45) is 0.848. The third kappa shape index (κ3) is 3.30. The van der Waals surface area contributed by atoms with Crippen LogP contribution in [0.1, 0.15) is 19.3 Å². The number of nitriles is 1. The van der Waals surface area contributed by atoms with Gasteiger partial charge in [-0.2, -0.15) is 5.26 Å². The summed E-state index contributed by atoms with van der Waals surface area (Å²) in [7, 11) is 0. The van der Waals surface area contributed by atoms with Crippen molar-refractivity contribution in [1.82, 2.24) is 5.32 Å². The number of rotatable bonds is 2. The molecule has 1 saturated heterocycles. The Labute approximate surface area is 76.3 Å². The number of ether oxygens (including phenoxy) is 1. The Morgan fingerprint density at radius 1 is 1.69 bits per heavy atom. The highest BCUT2D eigenvalue weighted by Gasteiger charge is 2.22. The molecule has 1 aliphatic rings. The van der Waals surface area contributed by atoms with Gasteiger partial charge in [0.2, 0.25) is 0 Å². The van der Waals surface area contributed by atoms with E-state index in [1.807, 2.05) is 6.07 Å². The summed E-state index contributed by atoms with van der Waals surface area (Å²) in [6, 6.07) is 1.91. The van der Waals surface area contributed by atoms with Crippen LogP contribution in [0.4, 0.5) is 4.79 Å². The molecule has 0 aliphatic carbocycles. The molecule has 0 aromatic heterocycles. The molecule has 0 unspecified atom stereocenters. The van der Waals surface area contributed by atoms with E-state index in [0.717, 1.165) is 12.8 Å². The second-order valence-electron chi connectivity index (χ2n) is 3.04. The molecule has 72 valence electrons. The fraction of sp³-hybridized carbons (Fsp3) is 0.750. The first-order chi connectivity index (χ1) is 6.22. The molecule has 0 spiro atoms. The number of hydrogen-bond acceptors (Lipinski definition) is 3. The molecular weight excluding hydrogens is 172 g/mol. The third-order valence-electron chi connectivity index (χ3n) is 2.02. The summed E-state index contributed by atoms with van der Waals surface area (Å²) in [5, 5.41) is 19.2. The number of nitrogens with zero attached hydrogens (tertiary/aromatic N) is 1. The fourth-order valence-electron chi connectivity index (χ4n) is 1.36. The Balaban J connectivity index is 2.23. The van der Waals surface area contributed by atoms with Crippen LogP contribution in [-0.2, 0) is 4.74 Å². The van der Waals surface area contributed by atoms with Gasteiger partial charge in [-0.25, -0.2) is 4.79 Å². The SMILES string of the molecule is N#CC[C@@H]1CC[C@@H](NC(=O)O)CO1. The Hall–Kier alpha value is -1.28. The van der Waals surface area contributed by atoms with E-state index in [1.165, 1.54) is 0 Å². The monoisotopic (exact) mass is 184 g/mol. The van der Waals surface area contributed by atoms with Gasteiger partial charge in [0.25, 0.3) is 0 Å². The Morgan fingerprint density at radius 2 is 2.46 bits per heavy atom. The average molecular weight is 184 g/mol. The molecule has 1 aliphatic heterocycles. The highest BCUT2D eigenvalue weighted by atomic mass is 16.5. The van der Waals surface area contributed by atoms with Crippen LogP contribution in [-0.4, -0.2) is 30.0 Å². The minimum absolute atomic E-state index is 0.0168. The molecule has 1 amide bonds. The minimum atomic E-state index is -1.02. The Bertz CT molecular complexity index is 216. The third-order valence-corrected chi connectivity index (χ3v) is 2.02. The number of carbonyl (C=O) groups is 1. The molecule has 0 aromatic rings. The molecule has 0 aromatic carbocycles. The summed E-state index contributed by atoms with van der Waals surface area (Å²) in [5.41, 5.74) is 0. The van der Waals surface area contributed by atoms with E-state index in [0.29, 0.717) is 13.0 Å². The summed E-state index contributed by atoms with van der Waals surface area (Å²) >= 11 is 0. The van der Waals surface area contributed by atoms with Crippen molar-refractivity contribution in [2.45, 2.75) is 31.4 Å². The molecule has 0 radical (unpaired) electrons. The topological polar surface area (TPSA) is 82.4 Å². The fourth-order valence-corrected chi connectivity index (χ4v) is 1.36. The lowest BCUT2D eigenvalue weighted by molar-refractivity contribution is 0.00137. The first-order valence-corrected chi connectivity index (χ1v) is 4.20. The second kappa shape index (κ2) is 4.67. The molecule has 2 N–H and O–H groups in total. The molecule has 0 saturated carbocycles. The zero-order valence-corrected chi connectivity index (χ0v) is 7.19. The normalized spacial score (nSPS) is 27.6. The zero-order valence-electron chi connectivity index (χ0n) is 7.19. The maximum atomic E-state index is 10.3. The molecule has 0 bridgehead atoms. The molecule has 1 fully saturated rings. The first-order valence-electron chi connectivity index (χ1n) is 4.20. The number of nitrogens with one attached hydrogen (secondary N) is 1. The van der Waals surface area contributed by atoms with Gasteiger partial charge in [0.05, 0.1) is 31.2 Å². The lowest BCUT2D eigenvalue weighted by atomic mass is 10.0. The molecule has 5 nitrogen and oxygen atoms in total. The van der Waals surface area contributed by atoms with E-state index >= 15 is 0 Å². The summed E-state index contributed by atoms with van der Waals surface area (Å²) in [6.45, 7) is 0.374. The highest BCUT2D eigenvalue weighted by molar-refractivity contribution is 5.64. The van der Waals surface area contributed by atoms with Crippen molar-refractivity contribution in [1.29, 1.82) is 5.26 Å². The number of carboxylic acid groups (broad SMARTS) is 1.